The SMILES string of the molecule is CC(C)Cc1cc2c3ccccc3n3c4ccccc4c(c1)c23. The first-order valence-electron chi connectivity index (χ1n) is 8.40. The minimum Gasteiger partial charge on any atom is -0.308 e. The van der Waals surface area contributed by atoms with Gasteiger partial charge >= 0.3 is 0 Å². The molecule has 0 atom stereocenters. The van der Waals surface area contributed by atoms with Crippen LogP contribution in [0.5, 0.6) is 0 Å². The van der Waals surface area contributed by atoms with Crippen LogP contribution in [0.1, 0.15) is 19.4 Å². The van der Waals surface area contributed by atoms with Crippen LogP contribution in [-0.2, 0) is 6.42 Å². The summed E-state index contributed by atoms with van der Waals surface area (Å²) in [7, 11) is 0. The number of nitrogens with zero attached hydrogens (tertiary/aromatic N) is 1. The highest BCUT2D eigenvalue weighted by Gasteiger charge is 2.17. The van der Waals surface area contributed by atoms with E-state index in [1.54, 1.807) is 0 Å². The molecule has 0 aliphatic carbocycles. The number of hydrogen-bond acceptors (Lipinski definition) is 0. The minimum atomic E-state index is 0.671. The Morgan fingerprint density at radius 1 is 0.739 bits per heavy atom. The Bertz CT molecular complexity index is 1080. The van der Waals surface area contributed by atoms with Gasteiger partial charge in [-0.2, -0.15) is 0 Å². The third-order valence-electron chi connectivity index (χ3n) is 4.91. The predicted molar refractivity (Wildman–Crippen MR) is 99.6 cm³/mol. The molecular weight excluding hydrogens is 278 g/mol. The van der Waals surface area contributed by atoms with Gasteiger partial charge in [0, 0.05) is 21.5 Å². The van der Waals surface area contributed by atoms with E-state index in [1.807, 2.05) is 0 Å². The molecule has 0 aliphatic rings. The molecule has 0 saturated heterocycles. The first kappa shape index (κ1) is 13.0. The number of para-hydroxylation sites is 2. The van der Waals surface area contributed by atoms with Gasteiger partial charge in [0.2, 0.25) is 0 Å². The Labute approximate surface area is 135 Å². The van der Waals surface area contributed by atoms with Crippen LogP contribution in [0.2, 0.25) is 0 Å². The maximum Gasteiger partial charge on any atom is 0.0620 e. The summed E-state index contributed by atoms with van der Waals surface area (Å²) in [6.45, 7) is 4.58. The van der Waals surface area contributed by atoms with Crippen molar-refractivity contribution < 1.29 is 0 Å². The zero-order valence-corrected chi connectivity index (χ0v) is 13.5. The highest BCUT2D eigenvalue weighted by Crippen LogP contribution is 2.39. The van der Waals surface area contributed by atoms with E-state index in [-0.39, 0.29) is 0 Å². The van der Waals surface area contributed by atoms with Crippen LogP contribution >= 0.6 is 0 Å². The summed E-state index contributed by atoms with van der Waals surface area (Å²) in [5, 5.41) is 5.52. The largest absolute Gasteiger partial charge is 0.308 e. The summed E-state index contributed by atoms with van der Waals surface area (Å²) in [6.07, 6.45) is 1.13. The van der Waals surface area contributed by atoms with Crippen molar-refractivity contribution in [2.75, 3.05) is 0 Å². The van der Waals surface area contributed by atoms with E-state index in [1.165, 1.54) is 43.7 Å². The second kappa shape index (κ2) is 4.48. The smallest absolute Gasteiger partial charge is 0.0620 e. The molecule has 0 radical (unpaired) electrons. The molecule has 0 N–H and O–H groups in total. The molecule has 0 aliphatic heterocycles. The highest BCUT2D eigenvalue weighted by atomic mass is 14.9. The first-order chi connectivity index (χ1) is 11.2. The van der Waals surface area contributed by atoms with E-state index in [4.69, 9.17) is 0 Å². The number of aromatic nitrogens is 1. The Morgan fingerprint density at radius 2 is 1.26 bits per heavy atom. The quantitative estimate of drug-likeness (QED) is 0.374. The van der Waals surface area contributed by atoms with Gasteiger partial charge in [-0.05, 0) is 42.2 Å². The van der Waals surface area contributed by atoms with E-state index in [0.717, 1.165) is 6.42 Å². The van der Waals surface area contributed by atoms with Gasteiger partial charge in [0.1, 0.15) is 0 Å². The van der Waals surface area contributed by atoms with E-state index in [9.17, 15) is 0 Å². The van der Waals surface area contributed by atoms with E-state index < -0.39 is 0 Å². The van der Waals surface area contributed by atoms with Crippen LogP contribution in [-0.4, -0.2) is 4.40 Å². The van der Waals surface area contributed by atoms with E-state index in [2.05, 4.69) is 78.9 Å². The molecule has 1 nitrogen and oxygen atoms in total. The standard InChI is InChI=1S/C22H19N/c1-14(2)11-15-12-18-16-7-3-5-9-20(16)23-21-10-6-4-8-17(21)19(13-15)22(18)23/h3-10,12-14H,11H2,1-2H3. The lowest BCUT2D eigenvalue weighted by atomic mass is 9.98. The lowest BCUT2D eigenvalue weighted by Crippen LogP contribution is -1.93. The van der Waals surface area contributed by atoms with Crippen molar-refractivity contribution >= 4 is 38.1 Å². The average molecular weight is 297 g/mol. The van der Waals surface area contributed by atoms with Gasteiger partial charge in [0.25, 0.3) is 0 Å². The second-order valence-electron chi connectivity index (χ2n) is 7.01. The van der Waals surface area contributed by atoms with Crippen LogP contribution in [0, 0.1) is 5.92 Å². The van der Waals surface area contributed by atoms with Crippen LogP contribution in [0.3, 0.4) is 0 Å². The molecular formula is C22H19N. The van der Waals surface area contributed by atoms with Gasteiger partial charge in [-0.3, -0.25) is 0 Å². The molecule has 2 heterocycles. The maximum atomic E-state index is 2.44. The number of rotatable bonds is 2. The topological polar surface area (TPSA) is 4.41 Å². The average Bonchev–Trinajstić information content (AvgIpc) is 3.05. The normalized spacial score (nSPS) is 12.5. The van der Waals surface area contributed by atoms with Gasteiger partial charge in [-0.15, -0.1) is 0 Å². The van der Waals surface area contributed by atoms with Crippen LogP contribution in [0.4, 0.5) is 0 Å². The molecule has 0 unspecified atom stereocenters. The molecule has 1 heteroatoms. The molecule has 0 bridgehead atoms. The summed E-state index contributed by atoms with van der Waals surface area (Å²) in [5.74, 6) is 0.671. The number of fused-ring (bicyclic) bond motifs is 6. The summed E-state index contributed by atoms with van der Waals surface area (Å²) in [4.78, 5) is 0. The molecule has 5 aromatic rings. The zero-order chi connectivity index (χ0) is 15.6. The van der Waals surface area contributed by atoms with Crippen molar-refractivity contribution in [2.45, 2.75) is 20.3 Å². The predicted octanol–water partition coefficient (Wildman–Crippen LogP) is 6.04. The fourth-order valence-corrected chi connectivity index (χ4v) is 4.10. The molecule has 23 heavy (non-hydrogen) atoms. The van der Waals surface area contributed by atoms with Crippen LogP contribution in [0.15, 0.2) is 60.7 Å². The summed E-state index contributed by atoms with van der Waals surface area (Å²) in [5.41, 5.74) is 5.45. The molecule has 0 saturated carbocycles. The highest BCUT2D eigenvalue weighted by molar-refractivity contribution is 6.23. The summed E-state index contributed by atoms with van der Waals surface area (Å²) >= 11 is 0. The van der Waals surface area contributed by atoms with Crippen molar-refractivity contribution in [3.8, 4) is 0 Å². The van der Waals surface area contributed by atoms with Gasteiger partial charge in [0.15, 0.2) is 0 Å². The monoisotopic (exact) mass is 297 g/mol. The fourth-order valence-electron chi connectivity index (χ4n) is 4.10. The second-order valence-corrected chi connectivity index (χ2v) is 7.01. The van der Waals surface area contributed by atoms with E-state index >= 15 is 0 Å². The lowest BCUT2D eigenvalue weighted by molar-refractivity contribution is 0.648. The molecule has 3 aromatic carbocycles. The van der Waals surface area contributed by atoms with Crippen molar-refractivity contribution in [3.05, 3.63) is 66.2 Å². The van der Waals surface area contributed by atoms with Gasteiger partial charge in [-0.1, -0.05) is 50.2 Å². The zero-order valence-electron chi connectivity index (χ0n) is 13.5. The Hall–Kier alpha value is -2.54. The molecule has 0 spiro atoms. The Morgan fingerprint density at radius 3 is 1.78 bits per heavy atom. The molecule has 0 fully saturated rings. The Balaban J connectivity index is 2.07. The molecule has 2 aromatic heterocycles. The summed E-state index contributed by atoms with van der Waals surface area (Å²) in [6, 6.07) is 22.4. The molecule has 0 amide bonds. The summed E-state index contributed by atoms with van der Waals surface area (Å²) < 4.78 is 2.44. The number of hydrogen-bond donors (Lipinski definition) is 0. The van der Waals surface area contributed by atoms with Crippen LogP contribution in [0.25, 0.3) is 38.1 Å². The third kappa shape index (κ3) is 1.68. The van der Waals surface area contributed by atoms with Gasteiger partial charge in [0.05, 0.1) is 16.6 Å². The van der Waals surface area contributed by atoms with Gasteiger partial charge in [-0.25, -0.2) is 0 Å². The lowest BCUT2D eigenvalue weighted by Gasteiger charge is -2.06. The van der Waals surface area contributed by atoms with Crippen molar-refractivity contribution in [1.82, 2.24) is 4.40 Å². The fraction of sp³-hybridized carbons (Fsp3) is 0.182. The Kier molecular flexibility index (Phi) is 2.52. The van der Waals surface area contributed by atoms with E-state index in [0.29, 0.717) is 5.92 Å². The maximum absolute atomic E-state index is 2.44. The van der Waals surface area contributed by atoms with Crippen molar-refractivity contribution in [1.29, 1.82) is 0 Å². The molecule has 112 valence electrons. The van der Waals surface area contributed by atoms with Gasteiger partial charge < -0.3 is 4.40 Å². The first-order valence-corrected chi connectivity index (χ1v) is 8.40. The van der Waals surface area contributed by atoms with Crippen LogP contribution < -0.4 is 0 Å². The van der Waals surface area contributed by atoms with Crippen molar-refractivity contribution in [3.63, 3.8) is 0 Å². The number of benzene rings is 3. The van der Waals surface area contributed by atoms with Crippen molar-refractivity contribution in [2.24, 2.45) is 5.92 Å². The molecule has 5 rings (SSSR count). The third-order valence-corrected chi connectivity index (χ3v) is 4.91. The minimum absolute atomic E-state index is 0.671.